The molecule has 0 amide bonds. The molecule has 2 heterocycles. The first kappa shape index (κ1) is 42.3. The minimum atomic E-state index is -6.20. The van der Waals surface area contributed by atoms with Crippen molar-refractivity contribution < 1.29 is 179 Å². The Morgan fingerprint density at radius 1 is 1.03 bits per heavy atom. The quantitative estimate of drug-likeness (QED) is 0.128. The van der Waals surface area contributed by atoms with Crippen molar-refractivity contribution >= 4 is 53.2 Å². The van der Waals surface area contributed by atoms with Gasteiger partial charge in [0.1, 0.15) is 6.10 Å². The van der Waals surface area contributed by atoms with Crippen molar-refractivity contribution in [3.8, 4) is 0 Å². The zero-order valence-electron chi connectivity index (χ0n) is 19.1. The number of aromatic nitrogens is 4. The van der Waals surface area contributed by atoms with Crippen molar-refractivity contribution in [2.24, 2.45) is 0 Å². The third kappa shape index (κ3) is 13.5. The molecular formula is C10H10N5Na4O14P3. The van der Waals surface area contributed by atoms with E-state index >= 15 is 0 Å². The van der Waals surface area contributed by atoms with Crippen molar-refractivity contribution in [2.45, 2.75) is 12.3 Å². The topological polar surface area (TPSA) is 304 Å². The summed E-state index contributed by atoms with van der Waals surface area (Å²) in [5.74, 6) is -0.349. The summed E-state index contributed by atoms with van der Waals surface area (Å²) in [6, 6.07) is 0. The molecule has 0 saturated heterocycles. The van der Waals surface area contributed by atoms with Gasteiger partial charge in [-0.05, 0) is 0 Å². The summed E-state index contributed by atoms with van der Waals surface area (Å²) in [4.78, 5) is 87.0. The molecule has 2 aromatic heterocycles. The van der Waals surface area contributed by atoms with Gasteiger partial charge >= 0.3 is 118 Å². The van der Waals surface area contributed by atoms with Crippen LogP contribution in [0.3, 0.4) is 0 Å². The van der Waals surface area contributed by atoms with E-state index in [4.69, 9.17) is 10.5 Å². The number of hydrogen-bond acceptors (Lipinski definition) is 17. The van der Waals surface area contributed by atoms with Gasteiger partial charge in [0.25, 0.3) is 21.2 Å². The molecule has 0 aliphatic heterocycles. The number of nitrogens with one attached hydrogen (secondary N) is 1. The Morgan fingerprint density at radius 3 is 2.11 bits per heavy atom. The summed E-state index contributed by atoms with van der Waals surface area (Å²) in [7, 11) is -18.3. The van der Waals surface area contributed by atoms with Gasteiger partial charge in [-0.2, -0.15) is 4.98 Å². The summed E-state index contributed by atoms with van der Waals surface area (Å²) in [5.41, 5.74) is 4.14. The van der Waals surface area contributed by atoms with Crippen molar-refractivity contribution in [1.82, 2.24) is 19.5 Å². The second-order valence-corrected chi connectivity index (χ2v) is 9.66. The SMILES string of the molecule is Nc1nc2c(ncn2[C@@H](C=O)O[C@H](C=O)COP(=O)([O-])OP(=O)([O-])OP(=O)([O-])[O-])c(=O)[nH]1.[Na+].[Na+].[Na+].[Na+]. The molecule has 0 aliphatic carbocycles. The fraction of sp³-hybridized carbons (Fsp3) is 0.300. The van der Waals surface area contributed by atoms with E-state index < -0.39 is 48.0 Å². The van der Waals surface area contributed by atoms with Crippen LogP contribution in [0.25, 0.3) is 11.2 Å². The number of nitrogens with two attached hydrogens (primary N) is 1. The van der Waals surface area contributed by atoms with Gasteiger partial charge in [-0.1, -0.05) is 0 Å². The fourth-order valence-corrected chi connectivity index (χ4v) is 4.90. The van der Waals surface area contributed by atoms with Crippen LogP contribution in [0.1, 0.15) is 6.23 Å². The number of H-pyrrole nitrogens is 1. The van der Waals surface area contributed by atoms with Gasteiger partial charge in [0.15, 0.2) is 30.0 Å². The van der Waals surface area contributed by atoms with Gasteiger partial charge in [-0.25, -0.2) is 9.29 Å². The molecule has 3 N–H and O–H groups in total. The normalized spacial score (nSPS) is 15.9. The third-order valence-corrected chi connectivity index (χ3v) is 6.77. The second-order valence-electron chi connectivity index (χ2n) is 5.41. The summed E-state index contributed by atoms with van der Waals surface area (Å²) in [6.07, 6.45) is -2.62. The van der Waals surface area contributed by atoms with Crippen LogP contribution in [0.2, 0.25) is 0 Å². The summed E-state index contributed by atoms with van der Waals surface area (Å²) >= 11 is 0. The van der Waals surface area contributed by atoms with E-state index in [1.54, 1.807) is 0 Å². The number of fused-ring (bicyclic) bond motifs is 1. The summed E-state index contributed by atoms with van der Waals surface area (Å²) < 4.78 is 49.1. The molecule has 178 valence electrons. The van der Waals surface area contributed by atoms with Crippen LogP contribution in [-0.4, -0.2) is 44.8 Å². The Balaban J connectivity index is -0.00000272. The van der Waals surface area contributed by atoms with Crippen LogP contribution in [0.5, 0.6) is 0 Å². The molecule has 2 rings (SSSR count). The van der Waals surface area contributed by atoms with E-state index in [0.29, 0.717) is 0 Å². The Morgan fingerprint density at radius 2 is 1.61 bits per heavy atom. The molecule has 36 heavy (non-hydrogen) atoms. The molecule has 0 radical (unpaired) electrons. The Bertz CT molecular complexity index is 1220. The number of anilines is 1. The number of nitrogens with zero attached hydrogens (tertiary/aromatic N) is 3. The molecule has 0 saturated carbocycles. The first-order chi connectivity index (χ1) is 14.7. The number of aldehydes is 2. The van der Waals surface area contributed by atoms with Crippen molar-refractivity contribution in [3.05, 3.63) is 16.7 Å². The van der Waals surface area contributed by atoms with Crippen molar-refractivity contribution in [2.75, 3.05) is 12.3 Å². The molecule has 0 bridgehead atoms. The molecule has 2 aromatic rings. The molecule has 26 heteroatoms. The van der Waals surface area contributed by atoms with Crippen LogP contribution < -0.4 is 149 Å². The number of aromatic amines is 1. The maximum absolute atomic E-state index is 11.8. The van der Waals surface area contributed by atoms with E-state index in [1.165, 1.54) is 0 Å². The number of rotatable bonds is 12. The zero-order valence-corrected chi connectivity index (χ0v) is 29.8. The van der Waals surface area contributed by atoms with E-state index in [1.807, 2.05) is 0 Å². The van der Waals surface area contributed by atoms with Crippen LogP contribution >= 0.6 is 23.5 Å². The Kier molecular flexibility index (Phi) is 20.7. The average molecular weight is 609 g/mol. The summed E-state index contributed by atoms with van der Waals surface area (Å²) in [5, 5.41) is 0. The number of carbonyl (C=O) groups is 2. The van der Waals surface area contributed by atoms with Gasteiger partial charge in [-0.3, -0.25) is 32.6 Å². The molecule has 4 atom stereocenters. The minimum absolute atomic E-state index is 0. The van der Waals surface area contributed by atoms with Gasteiger partial charge in [0, 0.05) is 0 Å². The maximum Gasteiger partial charge on any atom is 1.00 e. The van der Waals surface area contributed by atoms with Crippen molar-refractivity contribution in [1.29, 1.82) is 0 Å². The average Bonchev–Trinajstić information content (AvgIpc) is 3.03. The molecule has 19 nitrogen and oxygen atoms in total. The van der Waals surface area contributed by atoms with E-state index in [9.17, 15) is 47.7 Å². The van der Waals surface area contributed by atoms with Gasteiger partial charge < -0.3 is 43.9 Å². The van der Waals surface area contributed by atoms with Crippen LogP contribution in [0, 0.1) is 0 Å². The number of imidazole rings is 1. The van der Waals surface area contributed by atoms with Crippen molar-refractivity contribution in [3.63, 3.8) is 0 Å². The van der Waals surface area contributed by atoms with Gasteiger partial charge in [0.2, 0.25) is 5.95 Å². The van der Waals surface area contributed by atoms with Crippen LogP contribution in [0.4, 0.5) is 5.95 Å². The Hall–Kier alpha value is 1.86. The number of hydrogen-bond donors (Lipinski definition) is 2. The number of phosphoric acid groups is 3. The minimum Gasteiger partial charge on any atom is -0.790 e. The van der Waals surface area contributed by atoms with E-state index in [-0.39, 0.29) is 148 Å². The van der Waals surface area contributed by atoms with Gasteiger partial charge in [0.05, 0.1) is 20.8 Å². The number of carbonyl (C=O) groups excluding carboxylic acids is 2. The maximum atomic E-state index is 11.8. The summed E-state index contributed by atoms with van der Waals surface area (Å²) in [6.45, 7) is -1.27. The number of phosphoric ester groups is 1. The van der Waals surface area contributed by atoms with E-state index in [2.05, 4.69) is 28.1 Å². The monoisotopic (exact) mass is 609 g/mol. The molecule has 0 aromatic carbocycles. The molecule has 2 unspecified atom stereocenters. The second kappa shape index (κ2) is 17.6. The smallest absolute Gasteiger partial charge is 0.790 e. The van der Waals surface area contributed by atoms with E-state index in [0.717, 1.165) is 10.9 Å². The van der Waals surface area contributed by atoms with Crippen LogP contribution in [0.15, 0.2) is 11.1 Å². The molecular weight excluding hydrogens is 599 g/mol. The molecule has 0 spiro atoms. The molecule has 0 fully saturated rings. The van der Waals surface area contributed by atoms with Crippen LogP contribution in [-0.2, 0) is 41.2 Å². The first-order valence-electron chi connectivity index (χ1n) is 7.66. The first-order valence-corrected chi connectivity index (χ1v) is 12.0. The number of ether oxygens (including phenoxy) is 1. The van der Waals surface area contributed by atoms with Gasteiger partial charge in [-0.15, -0.1) is 0 Å². The third-order valence-electron chi connectivity index (χ3n) is 3.10. The Labute approximate surface area is 289 Å². The predicted molar refractivity (Wildman–Crippen MR) is 89.5 cm³/mol. The molecule has 0 aliphatic rings. The number of nitrogen functional groups attached to an aromatic ring is 1. The standard InChI is InChI=1S/C10H14N5O14P3.4Na/c11-10-13-8-7(9(18)14-10)12-4-15(8)6(2-17)27-5(1-16)3-26-31(22,23)29-32(24,25)28-30(19,20)21;;;;/h1-2,4-6H,3H2,(H,22,23)(H,24,25)(H2,19,20,21)(H3,11,13,14,18);;;;/q;4*+1/p-4/t5-,6-;;;;/m1..../s1. The zero-order chi connectivity index (χ0) is 24.3. The largest absolute Gasteiger partial charge is 1.00 e. The fourth-order valence-electron chi connectivity index (χ4n) is 2.03. The predicted octanol–water partition coefficient (Wildman–Crippen LogP) is -16.2.